The van der Waals surface area contributed by atoms with Crippen LogP contribution >= 0.6 is 0 Å². The molecule has 0 saturated carbocycles. The number of nitrogens with zero attached hydrogens (tertiary/aromatic N) is 1. The van der Waals surface area contributed by atoms with Crippen molar-refractivity contribution in [1.82, 2.24) is 4.90 Å². The van der Waals surface area contributed by atoms with Gasteiger partial charge in [-0.2, -0.15) is 0 Å². The fraction of sp³-hybridized carbons (Fsp3) is 0.667. The second-order valence-corrected chi connectivity index (χ2v) is 3.24. The number of Topliss-reactive ketones (excluding diaryl/α,β-unsaturated/α-hetero) is 1. The smallest absolute Gasteiger partial charge is 0.229 e. The van der Waals surface area contributed by atoms with Crippen LogP contribution in [0.4, 0.5) is 0 Å². The van der Waals surface area contributed by atoms with E-state index in [9.17, 15) is 14.4 Å². The maximum absolute atomic E-state index is 11.2. The molecule has 1 fully saturated rings. The molecule has 0 N–H and O–H groups in total. The van der Waals surface area contributed by atoms with Gasteiger partial charge in [0.2, 0.25) is 11.8 Å². The first-order valence-electron chi connectivity index (χ1n) is 4.44. The van der Waals surface area contributed by atoms with Gasteiger partial charge in [-0.05, 0) is 13.3 Å². The summed E-state index contributed by atoms with van der Waals surface area (Å²) in [7, 11) is 0. The van der Waals surface area contributed by atoms with Crippen LogP contribution in [-0.4, -0.2) is 29.0 Å². The summed E-state index contributed by atoms with van der Waals surface area (Å²) in [5.41, 5.74) is 0. The van der Waals surface area contributed by atoms with E-state index in [2.05, 4.69) is 0 Å². The topological polar surface area (TPSA) is 54.5 Å². The lowest BCUT2D eigenvalue weighted by Gasteiger charge is -2.24. The van der Waals surface area contributed by atoms with Crippen LogP contribution in [0.15, 0.2) is 0 Å². The summed E-state index contributed by atoms with van der Waals surface area (Å²) >= 11 is 0. The Morgan fingerprint density at radius 1 is 1.31 bits per heavy atom. The molecule has 13 heavy (non-hydrogen) atoms. The first-order chi connectivity index (χ1) is 6.11. The molecule has 4 heteroatoms. The minimum absolute atomic E-state index is 0.00572. The molecule has 0 aromatic heterocycles. The van der Waals surface area contributed by atoms with Crippen molar-refractivity contribution in [2.45, 2.75) is 32.6 Å². The van der Waals surface area contributed by atoms with E-state index in [4.69, 9.17) is 0 Å². The number of ketones is 1. The molecule has 1 aliphatic heterocycles. The standard InChI is InChI=1S/C9H13NO3/c1-7(11)5-6-10-8(12)3-2-4-9(10)13/h2-6H2,1H3. The van der Waals surface area contributed by atoms with Crippen LogP contribution in [0.2, 0.25) is 0 Å². The first kappa shape index (κ1) is 9.89. The third kappa shape index (κ3) is 2.65. The molecular weight excluding hydrogens is 170 g/mol. The molecule has 1 aliphatic rings. The van der Waals surface area contributed by atoms with Gasteiger partial charge in [-0.25, -0.2) is 0 Å². The van der Waals surface area contributed by atoms with Gasteiger partial charge in [0.15, 0.2) is 0 Å². The van der Waals surface area contributed by atoms with Gasteiger partial charge >= 0.3 is 0 Å². The number of carbonyl (C=O) groups excluding carboxylic acids is 3. The van der Waals surface area contributed by atoms with E-state index in [1.165, 1.54) is 11.8 Å². The highest BCUT2D eigenvalue weighted by Crippen LogP contribution is 2.12. The molecule has 0 radical (unpaired) electrons. The maximum Gasteiger partial charge on any atom is 0.229 e. The van der Waals surface area contributed by atoms with Crippen LogP contribution in [0, 0.1) is 0 Å². The molecule has 2 amide bonds. The molecule has 72 valence electrons. The maximum atomic E-state index is 11.2. The zero-order valence-corrected chi connectivity index (χ0v) is 7.71. The molecular formula is C9H13NO3. The van der Waals surface area contributed by atoms with Gasteiger partial charge in [0, 0.05) is 25.8 Å². The third-order valence-electron chi connectivity index (χ3n) is 2.07. The molecule has 0 aromatic carbocycles. The number of hydrogen-bond acceptors (Lipinski definition) is 3. The molecule has 0 aromatic rings. The van der Waals surface area contributed by atoms with E-state index < -0.39 is 0 Å². The van der Waals surface area contributed by atoms with Crippen LogP contribution in [0.5, 0.6) is 0 Å². The summed E-state index contributed by atoms with van der Waals surface area (Å²) in [5, 5.41) is 0. The summed E-state index contributed by atoms with van der Waals surface area (Å²) in [6.07, 6.45) is 1.79. The van der Waals surface area contributed by atoms with Crippen molar-refractivity contribution >= 4 is 17.6 Å². The third-order valence-corrected chi connectivity index (χ3v) is 2.07. The Balaban J connectivity index is 2.49. The lowest BCUT2D eigenvalue weighted by molar-refractivity contribution is -0.148. The van der Waals surface area contributed by atoms with Gasteiger partial charge in [-0.1, -0.05) is 0 Å². The van der Waals surface area contributed by atoms with E-state index in [0.717, 1.165) is 0 Å². The average Bonchev–Trinajstić information content (AvgIpc) is 2.03. The fourth-order valence-electron chi connectivity index (χ4n) is 1.32. The number of carbonyl (C=O) groups is 3. The van der Waals surface area contributed by atoms with Crippen molar-refractivity contribution in [3.63, 3.8) is 0 Å². The normalized spacial score (nSPS) is 17.8. The van der Waals surface area contributed by atoms with Gasteiger partial charge in [-0.3, -0.25) is 19.3 Å². The molecule has 1 rings (SSSR count). The van der Waals surface area contributed by atoms with Gasteiger partial charge in [0.05, 0.1) is 0 Å². The molecule has 0 aliphatic carbocycles. The Labute approximate surface area is 76.9 Å². The Kier molecular flexibility index (Phi) is 3.17. The highest BCUT2D eigenvalue weighted by atomic mass is 16.2. The zero-order chi connectivity index (χ0) is 9.84. The molecule has 0 atom stereocenters. The minimum atomic E-state index is -0.141. The summed E-state index contributed by atoms with van der Waals surface area (Å²) in [6, 6.07) is 0. The summed E-state index contributed by atoms with van der Waals surface area (Å²) < 4.78 is 0. The van der Waals surface area contributed by atoms with Crippen LogP contribution in [0.3, 0.4) is 0 Å². The van der Waals surface area contributed by atoms with Crippen molar-refractivity contribution in [3.8, 4) is 0 Å². The van der Waals surface area contributed by atoms with Gasteiger partial charge < -0.3 is 0 Å². The highest BCUT2D eigenvalue weighted by molar-refractivity contribution is 5.97. The summed E-state index contributed by atoms with van der Waals surface area (Å²) in [5.74, 6) is -0.277. The Morgan fingerprint density at radius 3 is 2.31 bits per heavy atom. The van der Waals surface area contributed by atoms with Crippen molar-refractivity contribution in [3.05, 3.63) is 0 Å². The van der Waals surface area contributed by atoms with Crippen molar-refractivity contribution < 1.29 is 14.4 Å². The van der Waals surface area contributed by atoms with E-state index in [1.807, 2.05) is 0 Å². The van der Waals surface area contributed by atoms with E-state index in [-0.39, 0.29) is 30.6 Å². The van der Waals surface area contributed by atoms with Gasteiger partial charge in [0.1, 0.15) is 5.78 Å². The first-order valence-corrected chi connectivity index (χ1v) is 4.44. The quantitative estimate of drug-likeness (QED) is 0.599. The number of hydrogen-bond donors (Lipinski definition) is 0. The Bertz CT molecular complexity index is 231. The molecule has 0 bridgehead atoms. The van der Waals surface area contributed by atoms with E-state index in [1.54, 1.807) is 0 Å². The Hall–Kier alpha value is -1.19. The number of imide groups is 1. The van der Waals surface area contributed by atoms with Crippen molar-refractivity contribution in [2.24, 2.45) is 0 Å². The molecule has 1 saturated heterocycles. The fourth-order valence-corrected chi connectivity index (χ4v) is 1.32. The lowest BCUT2D eigenvalue weighted by atomic mass is 10.1. The lowest BCUT2D eigenvalue weighted by Crippen LogP contribution is -2.41. The monoisotopic (exact) mass is 183 g/mol. The molecule has 0 unspecified atom stereocenters. The number of piperidine rings is 1. The van der Waals surface area contributed by atoms with Gasteiger partial charge in [0.25, 0.3) is 0 Å². The second kappa shape index (κ2) is 4.16. The van der Waals surface area contributed by atoms with Crippen LogP contribution in [-0.2, 0) is 14.4 Å². The largest absolute Gasteiger partial charge is 0.300 e. The van der Waals surface area contributed by atoms with E-state index >= 15 is 0 Å². The zero-order valence-electron chi connectivity index (χ0n) is 7.71. The second-order valence-electron chi connectivity index (χ2n) is 3.24. The average molecular weight is 183 g/mol. The molecule has 0 spiro atoms. The molecule has 1 heterocycles. The van der Waals surface area contributed by atoms with Crippen molar-refractivity contribution in [2.75, 3.05) is 6.54 Å². The summed E-state index contributed by atoms with van der Waals surface area (Å²) in [6.45, 7) is 1.71. The van der Waals surface area contributed by atoms with Crippen molar-refractivity contribution in [1.29, 1.82) is 0 Å². The van der Waals surface area contributed by atoms with Gasteiger partial charge in [-0.15, -0.1) is 0 Å². The number of amides is 2. The van der Waals surface area contributed by atoms with Crippen LogP contribution in [0.25, 0.3) is 0 Å². The predicted octanol–water partition coefficient (Wildman–Crippen LogP) is 0.505. The number of likely N-dealkylation sites (tertiary alicyclic amines) is 1. The van der Waals surface area contributed by atoms with E-state index in [0.29, 0.717) is 19.3 Å². The predicted molar refractivity (Wildman–Crippen MR) is 45.9 cm³/mol. The molecule has 4 nitrogen and oxygen atoms in total. The number of rotatable bonds is 3. The van der Waals surface area contributed by atoms with Crippen LogP contribution in [0.1, 0.15) is 32.6 Å². The SMILES string of the molecule is CC(=O)CCN1C(=O)CCCC1=O. The highest BCUT2D eigenvalue weighted by Gasteiger charge is 2.25. The Morgan fingerprint density at radius 2 is 1.85 bits per heavy atom. The minimum Gasteiger partial charge on any atom is -0.300 e. The summed E-state index contributed by atoms with van der Waals surface area (Å²) in [4.78, 5) is 34.3. The van der Waals surface area contributed by atoms with Crippen LogP contribution < -0.4 is 0 Å².